The van der Waals surface area contributed by atoms with Crippen molar-refractivity contribution in [3.8, 4) is 0 Å². The predicted molar refractivity (Wildman–Crippen MR) is 58.0 cm³/mol. The molecule has 0 amide bonds. The first kappa shape index (κ1) is 13.6. The molecule has 0 radical (unpaired) electrons. The van der Waals surface area contributed by atoms with Crippen LogP contribution < -0.4 is 5.73 Å². The van der Waals surface area contributed by atoms with Crippen molar-refractivity contribution in [2.75, 3.05) is 32.8 Å². The van der Waals surface area contributed by atoms with Crippen LogP contribution in [0.4, 0.5) is 0 Å². The summed E-state index contributed by atoms with van der Waals surface area (Å²) in [5.74, 6) is 0. The number of nitrogens with two attached hydrogens (primary N) is 1. The zero-order valence-corrected chi connectivity index (χ0v) is 8.73. The molecule has 0 saturated carbocycles. The van der Waals surface area contributed by atoms with Gasteiger partial charge in [-0.2, -0.15) is 0 Å². The maximum absolute atomic E-state index is 8.76. The Hall–Kier alpha value is -0.420. The Bertz CT molecular complexity index is 136. The molecule has 0 aromatic rings. The van der Waals surface area contributed by atoms with Crippen LogP contribution in [0.1, 0.15) is 12.8 Å². The Balaban J connectivity index is 3.62. The molecular formula is C10H22N2O2. The van der Waals surface area contributed by atoms with Gasteiger partial charge in [-0.15, -0.1) is 6.58 Å². The van der Waals surface area contributed by atoms with E-state index < -0.39 is 0 Å². The lowest BCUT2D eigenvalue weighted by Gasteiger charge is -2.21. The highest BCUT2D eigenvalue weighted by atomic mass is 16.3. The third-order valence-electron chi connectivity index (χ3n) is 2.12. The van der Waals surface area contributed by atoms with Crippen LogP contribution in [0.2, 0.25) is 0 Å². The molecule has 0 heterocycles. The normalized spacial score (nSPS) is 13.1. The molecule has 0 rings (SSSR count). The first-order chi connectivity index (χ1) is 6.74. The second-order valence-corrected chi connectivity index (χ2v) is 3.36. The molecule has 0 saturated heterocycles. The third kappa shape index (κ3) is 7.03. The van der Waals surface area contributed by atoms with Gasteiger partial charge >= 0.3 is 0 Å². The number of hydrogen-bond donors (Lipinski definition) is 3. The Morgan fingerprint density at radius 2 is 1.79 bits per heavy atom. The van der Waals surface area contributed by atoms with E-state index in [1.807, 2.05) is 11.0 Å². The monoisotopic (exact) mass is 202 g/mol. The molecule has 4 N–H and O–H groups in total. The molecule has 0 fully saturated rings. The fourth-order valence-corrected chi connectivity index (χ4v) is 1.30. The van der Waals surface area contributed by atoms with Gasteiger partial charge in [-0.1, -0.05) is 6.08 Å². The van der Waals surface area contributed by atoms with E-state index >= 15 is 0 Å². The van der Waals surface area contributed by atoms with E-state index in [1.165, 1.54) is 0 Å². The summed E-state index contributed by atoms with van der Waals surface area (Å²) in [6.07, 6.45) is 3.49. The maximum atomic E-state index is 8.76. The van der Waals surface area contributed by atoms with Crippen molar-refractivity contribution in [1.29, 1.82) is 0 Å². The van der Waals surface area contributed by atoms with Crippen LogP contribution in [0.5, 0.6) is 0 Å². The van der Waals surface area contributed by atoms with E-state index in [2.05, 4.69) is 6.58 Å². The number of rotatable bonds is 9. The largest absolute Gasteiger partial charge is 0.395 e. The molecule has 0 spiro atoms. The van der Waals surface area contributed by atoms with E-state index in [0.717, 1.165) is 19.4 Å². The molecule has 0 aromatic heterocycles. The molecule has 0 aliphatic carbocycles. The Morgan fingerprint density at radius 1 is 1.21 bits per heavy atom. The quantitative estimate of drug-likeness (QED) is 0.444. The second kappa shape index (κ2) is 9.15. The van der Waals surface area contributed by atoms with E-state index in [-0.39, 0.29) is 19.3 Å². The highest BCUT2D eigenvalue weighted by Crippen LogP contribution is 1.98. The topological polar surface area (TPSA) is 69.7 Å². The zero-order chi connectivity index (χ0) is 10.8. The predicted octanol–water partition coefficient (Wildman–Crippen LogP) is -0.433. The van der Waals surface area contributed by atoms with Gasteiger partial charge in [0.05, 0.1) is 13.2 Å². The molecule has 0 aliphatic rings. The van der Waals surface area contributed by atoms with Gasteiger partial charge < -0.3 is 15.9 Å². The smallest absolute Gasteiger partial charge is 0.0558 e. The number of nitrogens with zero attached hydrogens (tertiary/aromatic N) is 1. The standard InChI is InChI=1S/C10H22N2O2/c1-2-3-10(11)4-5-12(6-8-13)7-9-14/h2,10,13-14H,1,3-9,11H2. The Kier molecular flexibility index (Phi) is 8.87. The molecule has 84 valence electrons. The molecule has 4 nitrogen and oxygen atoms in total. The maximum Gasteiger partial charge on any atom is 0.0558 e. The summed E-state index contributed by atoms with van der Waals surface area (Å²) in [4.78, 5) is 2.00. The highest BCUT2D eigenvalue weighted by molar-refractivity contribution is 4.76. The number of hydrogen-bond acceptors (Lipinski definition) is 4. The van der Waals surface area contributed by atoms with Gasteiger partial charge in [-0.05, 0) is 19.4 Å². The van der Waals surface area contributed by atoms with Crippen molar-refractivity contribution in [2.24, 2.45) is 5.73 Å². The molecule has 4 heteroatoms. The summed E-state index contributed by atoms with van der Waals surface area (Å²) in [5.41, 5.74) is 5.80. The summed E-state index contributed by atoms with van der Waals surface area (Å²) in [6.45, 7) is 5.88. The Morgan fingerprint density at radius 3 is 2.21 bits per heavy atom. The van der Waals surface area contributed by atoms with Crippen LogP contribution in [0, 0.1) is 0 Å². The highest BCUT2D eigenvalue weighted by Gasteiger charge is 2.06. The summed E-state index contributed by atoms with van der Waals surface area (Å²) in [5, 5.41) is 17.5. The lowest BCUT2D eigenvalue weighted by atomic mass is 10.1. The molecular weight excluding hydrogens is 180 g/mol. The fraction of sp³-hybridized carbons (Fsp3) is 0.800. The molecule has 1 atom stereocenters. The number of aliphatic hydroxyl groups excluding tert-OH is 2. The minimum atomic E-state index is 0.122. The van der Waals surface area contributed by atoms with Gasteiger partial charge in [0.25, 0.3) is 0 Å². The van der Waals surface area contributed by atoms with E-state index in [1.54, 1.807) is 0 Å². The molecule has 1 unspecified atom stereocenters. The van der Waals surface area contributed by atoms with Gasteiger partial charge in [-0.25, -0.2) is 0 Å². The van der Waals surface area contributed by atoms with E-state index in [0.29, 0.717) is 13.1 Å². The van der Waals surface area contributed by atoms with Gasteiger partial charge in [0, 0.05) is 19.1 Å². The second-order valence-electron chi connectivity index (χ2n) is 3.36. The minimum Gasteiger partial charge on any atom is -0.395 e. The van der Waals surface area contributed by atoms with E-state index in [4.69, 9.17) is 15.9 Å². The first-order valence-corrected chi connectivity index (χ1v) is 5.05. The van der Waals surface area contributed by atoms with Crippen LogP contribution >= 0.6 is 0 Å². The molecule has 14 heavy (non-hydrogen) atoms. The van der Waals surface area contributed by atoms with E-state index in [9.17, 15) is 0 Å². The van der Waals surface area contributed by atoms with Crippen molar-refractivity contribution in [3.05, 3.63) is 12.7 Å². The fourth-order valence-electron chi connectivity index (χ4n) is 1.30. The average Bonchev–Trinajstić information content (AvgIpc) is 2.15. The van der Waals surface area contributed by atoms with Crippen LogP contribution in [0.25, 0.3) is 0 Å². The Labute approximate surface area is 86.0 Å². The van der Waals surface area contributed by atoms with Gasteiger partial charge in [0.15, 0.2) is 0 Å². The summed E-state index contributed by atoms with van der Waals surface area (Å²) in [6, 6.07) is 0.132. The SMILES string of the molecule is C=CCC(N)CCN(CCO)CCO. The van der Waals surface area contributed by atoms with Gasteiger partial charge in [0.1, 0.15) is 0 Å². The summed E-state index contributed by atoms with van der Waals surface area (Å²) < 4.78 is 0. The van der Waals surface area contributed by atoms with Crippen molar-refractivity contribution < 1.29 is 10.2 Å². The average molecular weight is 202 g/mol. The van der Waals surface area contributed by atoms with Gasteiger partial charge in [0.2, 0.25) is 0 Å². The van der Waals surface area contributed by atoms with Crippen LogP contribution in [0.15, 0.2) is 12.7 Å². The zero-order valence-electron chi connectivity index (χ0n) is 8.73. The number of aliphatic hydroxyl groups is 2. The lowest BCUT2D eigenvalue weighted by molar-refractivity contribution is 0.157. The van der Waals surface area contributed by atoms with Gasteiger partial charge in [-0.3, -0.25) is 4.90 Å². The van der Waals surface area contributed by atoms with Crippen molar-refractivity contribution >= 4 is 0 Å². The lowest BCUT2D eigenvalue weighted by Crippen LogP contribution is -2.34. The summed E-state index contributed by atoms with van der Waals surface area (Å²) in [7, 11) is 0. The van der Waals surface area contributed by atoms with Crippen molar-refractivity contribution in [3.63, 3.8) is 0 Å². The van der Waals surface area contributed by atoms with Crippen LogP contribution in [-0.2, 0) is 0 Å². The first-order valence-electron chi connectivity index (χ1n) is 5.05. The molecule has 0 aromatic carbocycles. The molecule has 0 aliphatic heterocycles. The van der Waals surface area contributed by atoms with Crippen LogP contribution in [-0.4, -0.2) is 54.0 Å². The molecule has 0 bridgehead atoms. The summed E-state index contributed by atoms with van der Waals surface area (Å²) >= 11 is 0. The van der Waals surface area contributed by atoms with Crippen molar-refractivity contribution in [1.82, 2.24) is 4.90 Å². The third-order valence-corrected chi connectivity index (χ3v) is 2.12. The van der Waals surface area contributed by atoms with Crippen molar-refractivity contribution in [2.45, 2.75) is 18.9 Å². The van der Waals surface area contributed by atoms with Crippen LogP contribution in [0.3, 0.4) is 0 Å². The minimum absolute atomic E-state index is 0.122.